The highest BCUT2D eigenvalue weighted by Gasteiger charge is 2.46. The van der Waals surface area contributed by atoms with Crippen LogP contribution in [0.3, 0.4) is 0 Å². The number of hydrogen-bond donors (Lipinski definition) is 1. The summed E-state index contributed by atoms with van der Waals surface area (Å²) in [6.45, 7) is 11.2. The van der Waals surface area contributed by atoms with Crippen molar-refractivity contribution in [1.82, 2.24) is 9.97 Å². The Hall–Kier alpha value is -2.36. The molecular formula is C28H38N2O2. The minimum atomic E-state index is -0.288. The standard InChI is InChI=1S/C28H38N2O2/c1-6-7-8-9-12-27(2,3)21-14-24(31)26-22-13-19(20-16-29-18-30-17-20)10-11-23(22)28(4,5)32-25(26)15-21/h10,14-18,22-23,31H,6-9,11-13H2,1-5H3/t22-,23-/m1/s1. The molecule has 2 atom stereocenters. The van der Waals surface area contributed by atoms with Gasteiger partial charge in [0.05, 0.1) is 0 Å². The zero-order chi connectivity index (χ0) is 22.9. The van der Waals surface area contributed by atoms with Crippen LogP contribution in [0, 0.1) is 5.92 Å². The highest BCUT2D eigenvalue weighted by Crippen LogP contribution is 2.56. The molecule has 0 amide bonds. The first kappa shape index (κ1) is 22.8. The highest BCUT2D eigenvalue weighted by molar-refractivity contribution is 5.68. The lowest BCUT2D eigenvalue weighted by Crippen LogP contribution is -2.45. The molecule has 0 unspecified atom stereocenters. The molecule has 172 valence electrons. The molecule has 0 fully saturated rings. The quantitative estimate of drug-likeness (QED) is 0.469. The van der Waals surface area contributed by atoms with E-state index in [2.05, 4.69) is 56.7 Å². The summed E-state index contributed by atoms with van der Waals surface area (Å²) in [5.41, 5.74) is 4.19. The van der Waals surface area contributed by atoms with Crippen molar-refractivity contribution in [2.24, 2.45) is 5.92 Å². The van der Waals surface area contributed by atoms with Crippen molar-refractivity contribution in [2.45, 2.75) is 96.5 Å². The van der Waals surface area contributed by atoms with Gasteiger partial charge in [0.2, 0.25) is 0 Å². The summed E-state index contributed by atoms with van der Waals surface area (Å²) in [5.74, 6) is 1.78. The van der Waals surface area contributed by atoms with Gasteiger partial charge in [-0.05, 0) is 61.8 Å². The molecule has 2 aromatic rings. The van der Waals surface area contributed by atoms with Crippen molar-refractivity contribution in [3.05, 3.63) is 53.6 Å². The maximum absolute atomic E-state index is 11.3. The van der Waals surface area contributed by atoms with Crippen LogP contribution >= 0.6 is 0 Å². The van der Waals surface area contributed by atoms with Crippen LogP contribution in [-0.4, -0.2) is 20.7 Å². The van der Waals surface area contributed by atoms with Gasteiger partial charge in [-0.25, -0.2) is 9.97 Å². The van der Waals surface area contributed by atoms with Crippen molar-refractivity contribution < 1.29 is 9.84 Å². The van der Waals surface area contributed by atoms with E-state index in [1.165, 1.54) is 36.8 Å². The van der Waals surface area contributed by atoms with Gasteiger partial charge < -0.3 is 9.84 Å². The fraction of sp³-hybridized carbons (Fsp3) is 0.571. The minimum Gasteiger partial charge on any atom is -0.508 e. The van der Waals surface area contributed by atoms with E-state index < -0.39 is 0 Å². The van der Waals surface area contributed by atoms with Crippen LogP contribution in [0.25, 0.3) is 5.57 Å². The third-order valence-electron chi connectivity index (χ3n) is 7.67. The Balaban J connectivity index is 1.66. The van der Waals surface area contributed by atoms with Gasteiger partial charge in [-0.1, -0.05) is 52.5 Å². The first-order valence-corrected chi connectivity index (χ1v) is 12.2. The Morgan fingerprint density at radius 2 is 1.88 bits per heavy atom. The normalized spacial score (nSPS) is 21.8. The molecule has 0 spiro atoms. The number of aromatic nitrogens is 2. The van der Waals surface area contributed by atoms with Crippen LogP contribution in [0.5, 0.6) is 11.5 Å². The Morgan fingerprint density at radius 1 is 1.12 bits per heavy atom. The molecule has 4 rings (SSSR count). The van der Waals surface area contributed by atoms with Gasteiger partial charge in [-0.3, -0.25) is 0 Å². The number of hydrogen-bond acceptors (Lipinski definition) is 4. The highest BCUT2D eigenvalue weighted by atomic mass is 16.5. The maximum atomic E-state index is 11.3. The summed E-state index contributed by atoms with van der Waals surface area (Å²) in [4.78, 5) is 8.41. The zero-order valence-corrected chi connectivity index (χ0v) is 20.3. The molecule has 1 aromatic heterocycles. The third kappa shape index (κ3) is 4.42. The van der Waals surface area contributed by atoms with Crippen molar-refractivity contribution in [1.29, 1.82) is 0 Å². The number of rotatable bonds is 7. The number of allylic oxidation sites excluding steroid dienone is 2. The SMILES string of the molecule is CCCCCCC(C)(C)c1cc(O)c2c(c1)OC(C)(C)[C@@H]1CC=C(c3cncnc3)C[C@@H]21. The molecular weight excluding hydrogens is 396 g/mol. The molecule has 1 N–H and O–H groups in total. The molecule has 4 nitrogen and oxygen atoms in total. The van der Waals surface area contributed by atoms with Crippen molar-refractivity contribution >= 4 is 5.57 Å². The molecule has 32 heavy (non-hydrogen) atoms. The number of phenolic OH excluding ortho intramolecular Hbond substituents is 1. The molecule has 0 radical (unpaired) electrons. The molecule has 1 aliphatic carbocycles. The van der Waals surface area contributed by atoms with Gasteiger partial charge in [-0.2, -0.15) is 0 Å². The first-order chi connectivity index (χ1) is 15.2. The van der Waals surface area contributed by atoms with Crippen LogP contribution < -0.4 is 4.74 Å². The van der Waals surface area contributed by atoms with Gasteiger partial charge >= 0.3 is 0 Å². The average molecular weight is 435 g/mol. The van der Waals surface area contributed by atoms with E-state index in [4.69, 9.17) is 4.74 Å². The lowest BCUT2D eigenvalue weighted by Gasteiger charge is -2.47. The lowest BCUT2D eigenvalue weighted by atomic mass is 9.66. The molecule has 2 aliphatic rings. The summed E-state index contributed by atoms with van der Waals surface area (Å²) >= 11 is 0. The summed E-state index contributed by atoms with van der Waals surface area (Å²) in [5, 5.41) is 11.3. The second kappa shape index (κ2) is 8.88. The van der Waals surface area contributed by atoms with Crippen molar-refractivity contribution in [3.8, 4) is 11.5 Å². The van der Waals surface area contributed by atoms with E-state index in [1.807, 2.05) is 18.5 Å². The summed E-state index contributed by atoms with van der Waals surface area (Å²) in [7, 11) is 0. The minimum absolute atomic E-state index is 0.00358. The van der Waals surface area contributed by atoms with E-state index in [9.17, 15) is 5.11 Å². The zero-order valence-electron chi connectivity index (χ0n) is 20.3. The van der Waals surface area contributed by atoms with Gasteiger partial charge in [0, 0.05) is 35.4 Å². The van der Waals surface area contributed by atoms with Crippen LogP contribution in [0.15, 0.2) is 36.9 Å². The van der Waals surface area contributed by atoms with Crippen LogP contribution in [-0.2, 0) is 5.41 Å². The molecule has 2 heterocycles. The second-order valence-electron chi connectivity index (χ2n) is 10.8. The Labute approximate surface area is 193 Å². The van der Waals surface area contributed by atoms with E-state index in [0.717, 1.165) is 36.1 Å². The lowest BCUT2D eigenvalue weighted by molar-refractivity contribution is 0.00910. The number of aromatic hydroxyl groups is 1. The van der Waals surface area contributed by atoms with Crippen molar-refractivity contribution in [2.75, 3.05) is 0 Å². The van der Waals surface area contributed by atoms with Crippen LogP contribution in [0.2, 0.25) is 0 Å². The molecule has 4 heteroatoms. The summed E-state index contributed by atoms with van der Waals surface area (Å²) < 4.78 is 6.58. The monoisotopic (exact) mass is 434 g/mol. The van der Waals surface area contributed by atoms with Gasteiger partial charge in [0.1, 0.15) is 23.4 Å². The average Bonchev–Trinajstić information content (AvgIpc) is 2.76. The number of benzene rings is 1. The first-order valence-electron chi connectivity index (χ1n) is 12.2. The van der Waals surface area contributed by atoms with Gasteiger partial charge in [-0.15, -0.1) is 0 Å². The molecule has 1 aliphatic heterocycles. The molecule has 1 aromatic carbocycles. The van der Waals surface area contributed by atoms with Gasteiger partial charge in [0.25, 0.3) is 0 Å². The van der Waals surface area contributed by atoms with E-state index in [-0.39, 0.29) is 16.9 Å². The summed E-state index contributed by atoms with van der Waals surface area (Å²) in [6.07, 6.45) is 15.6. The van der Waals surface area contributed by atoms with E-state index in [1.54, 1.807) is 6.33 Å². The molecule has 0 bridgehead atoms. The predicted molar refractivity (Wildman–Crippen MR) is 130 cm³/mol. The third-order valence-corrected chi connectivity index (χ3v) is 7.67. The number of unbranched alkanes of at least 4 members (excludes halogenated alkanes) is 3. The predicted octanol–water partition coefficient (Wildman–Crippen LogP) is 7.18. The second-order valence-corrected chi connectivity index (χ2v) is 10.8. The fourth-order valence-electron chi connectivity index (χ4n) is 5.63. The Bertz CT molecular complexity index is 978. The van der Waals surface area contributed by atoms with Crippen LogP contribution in [0.4, 0.5) is 0 Å². The number of fused-ring (bicyclic) bond motifs is 3. The fourth-order valence-corrected chi connectivity index (χ4v) is 5.63. The number of ether oxygens (including phenoxy) is 1. The number of nitrogens with zero attached hydrogens (tertiary/aromatic N) is 2. The maximum Gasteiger partial charge on any atom is 0.127 e. The molecule has 0 saturated heterocycles. The topological polar surface area (TPSA) is 55.2 Å². The van der Waals surface area contributed by atoms with Crippen LogP contribution in [0.1, 0.15) is 102 Å². The Kier molecular flexibility index (Phi) is 6.33. The molecule has 0 saturated carbocycles. The smallest absolute Gasteiger partial charge is 0.127 e. The number of phenols is 1. The Morgan fingerprint density at radius 3 is 2.59 bits per heavy atom. The van der Waals surface area contributed by atoms with E-state index in [0.29, 0.717) is 11.7 Å². The van der Waals surface area contributed by atoms with Crippen molar-refractivity contribution in [3.63, 3.8) is 0 Å². The van der Waals surface area contributed by atoms with E-state index >= 15 is 0 Å². The summed E-state index contributed by atoms with van der Waals surface area (Å²) in [6, 6.07) is 4.21. The van der Waals surface area contributed by atoms with Gasteiger partial charge in [0.15, 0.2) is 0 Å². The largest absolute Gasteiger partial charge is 0.508 e.